The molecule has 3 rings (SSSR count). The summed E-state index contributed by atoms with van der Waals surface area (Å²) in [5.41, 5.74) is 4.58. The smallest absolute Gasteiger partial charge is 1.00 e. The zero-order chi connectivity index (χ0) is 26.0. The molecule has 0 fully saturated rings. The zero-order valence-corrected chi connectivity index (χ0v) is 31.2. The van der Waals surface area contributed by atoms with Gasteiger partial charge in [-0.1, -0.05) is 183 Å². The molecule has 2 aromatic rings. The van der Waals surface area contributed by atoms with Crippen LogP contribution in [0.5, 0.6) is 0 Å². The van der Waals surface area contributed by atoms with Crippen molar-refractivity contribution < 1.29 is 58.9 Å². The second-order valence-electron chi connectivity index (χ2n) is 12.0. The first-order valence-corrected chi connectivity index (χ1v) is 17.3. The van der Waals surface area contributed by atoms with Crippen LogP contribution in [0.3, 0.4) is 0 Å². The molecule has 1 aliphatic rings. The third-order valence-corrected chi connectivity index (χ3v) is 10.8. The van der Waals surface area contributed by atoms with Crippen molar-refractivity contribution in [3.05, 3.63) is 72.3 Å². The summed E-state index contributed by atoms with van der Waals surface area (Å²) in [4.78, 5) is 0. The second-order valence-corrected chi connectivity index (χ2v) is 14.7. The van der Waals surface area contributed by atoms with Crippen LogP contribution < -0.4 is 42.4 Å². The Morgan fingerprint density at radius 2 is 1.20 bits per heavy atom. The summed E-state index contributed by atoms with van der Waals surface area (Å²) >= 11 is 0. The molecule has 1 atom stereocenters. The van der Waals surface area contributed by atoms with E-state index < -0.39 is 0 Å². The molecule has 0 bridgehead atoms. The van der Waals surface area contributed by atoms with Gasteiger partial charge in [-0.2, -0.15) is 22.4 Å². The molecule has 0 aliphatic heterocycles. The van der Waals surface area contributed by atoms with Crippen molar-refractivity contribution in [1.29, 1.82) is 0 Å². The van der Waals surface area contributed by atoms with Crippen molar-refractivity contribution in [2.24, 2.45) is 0 Å². The Hall–Kier alpha value is -0.149. The minimum absolute atomic E-state index is 0. The molecule has 41 heavy (non-hydrogen) atoms. The molecule has 0 heterocycles. The molecule has 1 unspecified atom stereocenters. The molecule has 0 amide bonds. The largest absolute Gasteiger partial charge is 4.00 e. The fourth-order valence-electron chi connectivity index (χ4n) is 6.09. The van der Waals surface area contributed by atoms with Crippen molar-refractivity contribution in [2.45, 2.75) is 134 Å². The number of hydrogen-bond donors (Lipinski definition) is 0. The van der Waals surface area contributed by atoms with E-state index >= 15 is 0 Å². The second kappa shape index (κ2) is 26.3. The van der Waals surface area contributed by atoms with Crippen LogP contribution >= 0.6 is 0 Å². The minimum atomic E-state index is -0.372. The summed E-state index contributed by atoms with van der Waals surface area (Å²) in [6.45, 7) is 4.78. The minimum Gasteiger partial charge on any atom is -1.00 e. The molecular formula is C36H55Cl3SiTi. The van der Waals surface area contributed by atoms with Gasteiger partial charge in [0.2, 0.25) is 0 Å². The fraction of sp³-hybridized carbons (Fsp3) is 0.583. The van der Waals surface area contributed by atoms with Crippen LogP contribution in [-0.4, -0.2) is 9.52 Å². The molecule has 0 saturated carbocycles. The molecule has 1 aliphatic carbocycles. The summed E-state index contributed by atoms with van der Waals surface area (Å²) in [5, 5.41) is 2.10. The summed E-state index contributed by atoms with van der Waals surface area (Å²) in [7, 11) is -0.372. The van der Waals surface area contributed by atoms with Gasteiger partial charge >= 0.3 is 21.7 Å². The normalized spacial score (nSPS) is 15.7. The van der Waals surface area contributed by atoms with Gasteiger partial charge in [-0.25, -0.2) is 6.07 Å². The standard InChI is InChI=1S/C36H55Si.3ClH.Ti/c1-3-4-5-6-7-8-9-10-11-12-13-14-15-16-17-22-27-34-33(32-25-20-18-21-26-32)28-29-35(34)37-36(2)30-23-19-24-31-36;;;;/h18-21,23-26,28-30H,3-17,22,27,31,37H2,1-2H3;3*1H;/q-1;;;;+4/p-3. The first kappa shape index (κ1) is 43.0. The molecule has 228 valence electrons. The van der Waals surface area contributed by atoms with Gasteiger partial charge in [-0.05, 0) is 11.5 Å². The quantitative estimate of drug-likeness (QED) is 0.114. The monoisotopic (exact) mass is 668 g/mol. The predicted molar refractivity (Wildman–Crippen MR) is 170 cm³/mol. The number of halogens is 3. The van der Waals surface area contributed by atoms with Crippen molar-refractivity contribution in [3.8, 4) is 11.1 Å². The third-order valence-electron chi connectivity index (χ3n) is 8.45. The zero-order valence-electron chi connectivity index (χ0n) is 25.9. The number of hydrogen-bond acceptors (Lipinski definition) is 0. The molecule has 0 nitrogen and oxygen atoms in total. The van der Waals surface area contributed by atoms with E-state index in [1.807, 2.05) is 0 Å². The molecule has 0 radical (unpaired) electrons. The van der Waals surface area contributed by atoms with Crippen molar-refractivity contribution in [3.63, 3.8) is 0 Å². The van der Waals surface area contributed by atoms with Gasteiger partial charge in [0.25, 0.3) is 0 Å². The van der Waals surface area contributed by atoms with Gasteiger partial charge in [-0.15, -0.1) is 0 Å². The van der Waals surface area contributed by atoms with E-state index in [0.717, 1.165) is 0 Å². The van der Waals surface area contributed by atoms with E-state index in [2.05, 4.69) is 80.6 Å². The van der Waals surface area contributed by atoms with E-state index in [1.165, 1.54) is 127 Å². The van der Waals surface area contributed by atoms with Crippen LogP contribution in [0.25, 0.3) is 11.1 Å². The van der Waals surface area contributed by atoms with Crippen LogP contribution in [-0.2, 0) is 28.1 Å². The number of rotatable bonds is 20. The maximum atomic E-state index is 2.48. The van der Waals surface area contributed by atoms with E-state index in [1.54, 1.807) is 10.8 Å². The average molecular weight is 670 g/mol. The maximum Gasteiger partial charge on any atom is 4.00 e. The Balaban J connectivity index is 0. The van der Waals surface area contributed by atoms with Crippen LogP contribution in [0, 0.1) is 0 Å². The van der Waals surface area contributed by atoms with Gasteiger partial charge in [-0.3, -0.25) is 0 Å². The van der Waals surface area contributed by atoms with Crippen molar-refractivity contribution >= 4 is 14.7 Å². The van der Waals surface area contributed by atoms with Crippen molar-refractivity contribution in [1.82, 2.24) is 0 Å². The summed E-state index contributed by atoms with van der Waals surface area (Å²) in [5.74, 6) is 0. The van der Waals surface area contributed by atoms with Crippen LogP contribution in [0.2, 0.25) is 5.04 Å². The molecule has 0 spiro atoms. The Bertz CT molecular complexity index is 924. The van der Waals surface area contributed by atoms with E-state index in [0.29, 0.717) is 5.04 Å². The maximum absolute atomic E-state index is 2.48. The van der Waals surface area contributed by atoms with Gasteiger partial charge in [0.05, 0.1) is 0 Å². The van der Waals surface area contributed by atoms with E-state index in [4.69, 9.17) is 0 Å². The first-order chi connectivity index (χ1) is 18.2. The Morgan fingerprint density at radius 1 is 0.683 bits per heavy atom. The molecule has 0 aromatic heterocycles. The predicted octanol–water partition coefficient (Wildman–Crippen LogP) is 1.37. The summed E-state index contributed by atoms with van der Waals surface area (Å²) < 4.78 is 0. The molecule has 5 heteroatoms. The molecular weight excluding hydrogens is 615 g/mol. The number of benzene rings is 1. The molecule has 2 aromatic carbocycles. The Kier molecular flexibility index (Phi) is 27.5. The van der Waals surface area contributed by atoms with Crippen LogP contribution in [0.1, 0.15) is 129 Å². The topological polar surface area (TPSA) is 0 Å². The SMILES string of the molecule is CCCCCCCCCCCCCCCCCCc1c(-c2ccccc2)cc[c-]1[SiH2]C1(C)C=CC=CC1.[Cl-].[Cl-].[Cl-].[Ti+4]. The van der Waals surface area contributed by atoms with Gasteiger partial charge < -0.3 is 37.2 Å². The summed E-state index contributed by atoms with van der Waals surface area (Å²) in [6.07, 6.45) is 34.8. The first-order valence-electron chi connectivity index (χ1n) is 15.9. The summed E-state index contributed by atoms with van der Waals surface area (Å²) in [6, 6.07) is 16.0. The van der Waals surface area contributed by atoms with E-state index in [-0.39, 0.29) is 68.5 Å². The van der Waals surface area contributed by atoms with Crippen molar-refractivity contribution in [2.75, 3.05) is 0 Å². The number of allylic oxidation sites excluding steroid dienone is 4. The molecule has 0 saturated heterocycles. The third kappa shape index (κ3) is 17.1. The Labute approximate surface area is 289 Å². The molecule has 0 N–H and O–H groups in total. The average Bonchev–Trinajstić information content (AvgIpc) is 3.30. The van der Waals surface area contributed by atoms with Crippen LogP contribution in [0.4, 0.5) is 0 Å². The number of unbranched alkanes of at least 4 members (excludes halogenated alkanes) is 15. The van der Waals surface area contributed by atoms with Gasteiger partial charge in [0, 0.05) is 9.52 Å². The fourth-order valence-corrected chi connectivity index (χ4v) is 8.35. The Morgan fingerprint density at radius 3 is 1.68 bits per heavy atom. The van der Waals surface area contributed by atoms with Crippen LogP contribution in [0.15, 0.2) is 66.8 Å². The van der Waals surface area contributed by atoms with E-state index in [9.17, 15) is 0 Å². The van der Waals surface area contributed by atoms with Gasteiger partial charge in [0.15, 0.2) is 0 Å². The van der Waals surface area contributed by atoms with Gasteiger partial charge in [0.1, 0.15) is 0 Å².